The van der Waals surface area contributed by atoms with E-state index in [-0.39, 0.29) is 0 Å². The second-order valence-corrected chi connectivity index (χ2v) is 3.89. The molecule has 1 aromatic heterocycles. The molecule has 19 heavy (non-hydrogen) atoms. The van der Waals surface area contributed by atoms with E-state index in [0.29, 0.717) is 13.2 Å². The van der Waals surface area contributed by atoms with Gasteiger partial charge in [-0.2, -0.15) is 10.2 Å². The maximum atomic E-state index is 5.64. The Balaban J connectivity index is 1.69. The van der Waals surface area contributed by atoms with Gasteiger partial charge in [-0.15, -0.1) is 0 Å². The number of hydrogen-bond acceptors (Lipinski definition) is 5. The van der Waals surface area contributed by atoms with Crippen LogP contribution in [-0.4, -0.2) is 30.5 Å². The third kappa shape index (κ3) is 4.22. The molecule has 0 atom stereocenters. The van der Waals surface area contributed by atoms with Crippen LogP contribution < -0.4 is 14.8 Å². The molecule has 0 aliphatic heterocycles. The number of rotatable bonds is 7. The van der Waals surface area contributed by atoms with Crippen molar-refractivity contribution in [3.05, 3.63) is 48.3 Å². The van der Waals surface area contributed by atoms with Gasteiger partial charge in [0, 0.05) is 19.3 Å². The molecule has 0 saturated carbocycles. The first-order chi connectivity index (χ1) is 9.40. The second-order valence-electron chi connectivity index (χ2n) is 3.89. The normalized spacial score (nSPS) is 10.2. The van der Waals surface area contributed by atoms with Crippen LogP contribution in [0.2, 0.25) is 0 Å². The largest absolute Gasteiger partial charge is 0.493 e. The van der Waals surface area contributed by atoms with Crippen molar-refractivity contribution in [1.29, 1.82) is 0 Å². The first-order valence-electron chi connectivity index (χ1n) is 6.13. The zero-order chi connectivity index (χ0) is 13.3. The van der Waals surface area contributed by atoms with E-state index in [1.165, 1.54) is 0 Å². The summed E-state index contributed by atoms with van der Waals surface area (Å²) in [6, 6.07) is 11.4. The van der Waals surface area contributed by atoms with Crippen molar-refractivity contribution in [3.8, 4) is 11.5 Å². The summed E-state index contributed by atoms with van der Waals surface area (Å²) in [7, 11) is 1.63. The van der Waals surface area contributed by atoms with Crippen LogP contribution in [0.5, 0.6) is 11.5 Å². The molecular weight excluding hydrogens is 242 g/mol. The lowest BCUT2D eigenvalue weighted by atomic mass is 10.3. The summed E-state index contributed by atoms with van der Waals surface area (Å²) in [4.78, 5) is 0. The number of nitrogens with zero attached hydrogens (tertiary/aromatic N) is 2. The fraction of sp³-hybridized carbons (Fsp3) is 0.286. The Kier molecular flexibility index (Phi) is 5.13. The van der Waals surface area contributed by atoms with E-state index >= 15 is 0 Å². The number of nitrogens with one attached hydrogen (secondary N) is 1. The standard InChI is InChI=1S/C14H17N3O2/c1-18-13-6-2-3-7-14(13)19-10-9-15-11-12-5-4-8-16-17-12/h2-8,15H,9-11H2,1H3. The van der Waals surface area contributed by atoms with Gasteiger partial charge in [-0.3, -0.25) is 0 Å². The highest BCUT2D eigenvalue weighted by Crippen LogP contribution is 2.25. The molecule has 2 aromatic rings. The smallest absolute Gasteiger partial charge is 0.161 e. The Labute approximate surface area is 112 Å². The van der Waals surface area contributed by atoms with E-state index in [9.17, 15) is 0 Å². The topological polar surface area (TPSA) is 56.3 Å². The van der Waals surface area contributed by atoms with Gasteiger partial charge in [-0.1, -0.05) is 12.1 Å². The van der Waals surface area contributed by atoms with Crippen LogP contribution in [0.3, 0.4) is 0 Å². The van der Waals surface area contributed by atoms with E-state index in [4.69, 9.17) is 9.47 Å². The monoisotopic (exact) mass is 259 g/mol. The second kappa shape index (κ2) is 7.33. The zero-order valence-electron chi connectivity index (χ0n) is 10.9. The molecule has 0 amide bonds. The maximum Gasteiger partial charge on any atom is 0.161 e. The van der Waals surface area contributed by atoms with Gasteiger partial charge < -0.3 is 14.8 Å². The van der Waals surface area contributed by atoms with Crippen molar-refractivity contribution in [2.24, 2.45) is 0 Å². The Morgan fingerprint density at radius 3 is 2.68 bits per heavy atom. The van der Waals surface area contributed by atoms with Crippen LogP contribution in [0.15, 0.2) is 42.6 Å². The fourth-order valence-electron chi connectivity index (χ4n) is 1.62. The molecule has 0 aliphatic rings. The van der Waals surface area contributed by atoms with Gasteiger partial charge in [0.25, 0.3) is 0 Å². The highest BCUT2D eigenvalue weighted by molar-refractivity contribution is 5.39. The third-order valence-electron chi connectivity index (χ3n) is 2.54. The average molecular weight is 259 g/mol. The summed E-state index contributed by atoms with van der Waals surface area (Å²) < 4.78 is 10.9. The molecule has 5 nitrogen and oxygen atoms in total. The Hall–Kier alpha value is -2.14. The molecule has 0 saturated heterocycles. The van der Waals surface area contributed by atoms with Crippen molar-refractivity contribution in [2.45, 2.75) is 6.54 Å². The van der Waals surface area contributed by atoms with Gasteiger partial charge in [0.15, 0.2) is 11.5 Å². The lowest BCUT2D eigenvalue weighted by Gasteiger charge is -2.10. The summed E-state index contributed by atoms with van der Waals surface area (Å²) >= 11 is 0. The molecule has 2 rings (SSSR count). The van der Waals surface area contributed by atoms with E-state index in [1.807, 2.05) is 36.4 Å². The minimum atomic E-state index is 0.570. The highest BCUT2D eigenvalue weighted by atomic mass is 16.5. The minimum absolute atomic E-state index is 0.570. The van der Waals surface area contributed by atoms with E-state index in [2.05, 4.69) is 15.5 Å². The quantitative estimate of drug-likeness (QED) is 0.766. The molecule has 5 heteroatoms. The Bertz CT molecular complexity index is 491. The number of hydrogen-bond donors (Lipinski definition) is 1. The van der Waals surface area contributed by atoms with Crippen molar-refractivity contribution in [2.75, 3.05) is 20.3 Å². The first kappa shape index (κ1) is 13.3. The molecule has 0 unspecified atom stereocenters. The molecule has 0 bridgehead atoms. The van der Waals surface area contributed by atoms with Gasteiger partial charge in [-0.25, -0.2) is 0 Å². The molecule has 1 N–H and O–H groups in total. The summed E-state index contributed by atoms with van der Waals surface area (Å²) in [6.45, 7) is 1.98. The van der Waals surface area contributed by atoms with E-state index in [1.54, 1.807) is 13.3 Å². The van der Waals surface area contributed by atoms with Gasteiger partial charge in [0.2, 0.25) is 0 Å². The van der Waals surface area contributed by atoms with Crippen LogP contribution in [0, 0.1) is 0 Å². The molecule has 0 radical (unpaired) electrons. The van der Waals surface area contributed by atoms with Gasteiger partial charge in [0.05, 0.1) is 12.8 Å². The maximum absolute atomic E-state index is 5.64. The van der Waals surface area contributed by atoms with Crippen molar-refractivity contribution in [1.82, 2.24) is 15.5 Å². The molecule has 1 aromatic carbocycles. The predicted octanol–water partition coefficient (Wildman–Crippen LogP) is 1.65. The highest BCUT2D eigenvalue weighted by Gasteiger charge is 2.01. The van der Waals surface area contributed by atoms with Crippen LogP contribution in [0.4, 0.5) is 0 Å². The third-order valence-corrected chi connectivity index (χ3v) is 2.54. The van der Waals surface area contributed by atoms with Crippen molar-refractivity contribution < 1.29 is 9.47 Å². The number of aromatic nitrogens is 2. The zero-order valence-corrected chi connectivity index (χ0v) is 10.9. The van der Waals surface area contributed by atoms with Gasteiger partial charge in [0.1, 0.15) is 6.61 Å². The Morgan fingerprint density at radius 2 is 1.95 bits per heavy atom. The van der Waals surface area contributed by atoms with Crippen LogP contribution >= 0.6 is 0 Å². The summed E-state index contributed by atoms with van der Waals surface area (Å²) in [6.07, 6.45) is 1.66. The van der Waals surface area contributed by atoms with E-state index in [0.717, 1.165) is 23.7 Å². The summed E-state index contributed by atoms with van der Waals surface area (Å²) in [5.74, 6) is 1.50. The number of ether oxygens (including phenoxy) is 2. The van der Waals surface area contributed by atoms with Crippen LogP contribution in [-0.2, 0) is 6.54 Å². The number of benzene rings is 1. The molecule has 0 aliphatic carbocycles. The average Bonchev–Trinajstić information content (AvgIpc) is 2.48. The molecule has 1 heterocycles. The molecule has 0 spiro atoms. The minimum Gasteiger partial charge on any atom is -0.493 e. The van der Waals surface area contributed by atoms with Gasteiger partial charge in [-0.05, 0) is 24.3 Å². The van der Waals surface area contributed by atoms with Crippen molar-refractivity contribution >= 4 is 0 Å². The predicted molar refractivity (Wildman–Crippen MR) is 72.2 cm³/mol. The summed E-state index contributed by atoms with van der Waals surface area (Å²) in [5.41, 5.74) is 0.916. The van der Waals surface area contributed by atoms with Crippen LogP contribution in [0.25, 0.3) is 0 Å². The lowest BCUT2D eigenvalue weighted by molar-refractivity contribution is 0.292. The Morgan fingerprint density at radius 1 is 1.11 bits per heavy atom. The van der Waals surface area contributed by atoms with Crippen molar-refractivity contribution in [3.63, 3.8) is 0 Å². The molecule has 0 fully saturated rings. The SMILES string of the molecule is COc1ccccc1OCCNCc1cccnn1. The van der Waals surface area contributed by atoms with Crippen LogP contribution in [0.1, 0.15) is 5.69 Å². The molecular formula is C14H17N3O2. The fourth-order valence-corrected chi connectivity index (χ4v) is 1.62. The lowest BCUT2D eigenvalue weighted by Crippen LogP contribution is -2.21. The number of para-hydroxylation sites is 2. The number of methoxy groups -OCH3 is 1. The molecule has 100 valence electrons. The first-order valence-corrected chi connectivity index (χ1v) is 6.13. The summed E-state index contributed by atoms with van der Waals surface area (Å²) in [5, 5.41) is 11.0. The van der Waals surface area contributed by atoms with E-state index < -0.39 is 0 Å². The van der Waals surface area contributed by atoms with Gasteiger partial charge >= 0.3 is 0 Å².